The molecule has 7 nitrogen and oxygen atoms in total. The number of hydrogen-bond donors (Lipinski definition) is 4. The first-order valence-electron chi connectivity index (χ1n) is 4.88. The molecule has 98 valence electrons. The molecule has 0 aromatic heterocycles. The summed E-state index contributed by atoms with van der Waals surface area (Å²) in [6.07, 6.45) is 1.57. The Bertz CT molecular complexity index is 287. The second kappa shape index (κ2) is 7.75. The van der Waals surface area contributed by atoms with Gasteiger partial charge in [0.1, 0.15) is 0 Å². The Morgan fingerprint density at radius 2 is 1.59 bits per heavy atom. The molecule has 0 amide bonds. The third kappa shape index (κ3) is 5.83. The summed E-state index contributed by atoms with van der Waals surface area (Å²) in [5.74, 6) is 0. The van der Waals surface area contributed by atoms with Gasteiger partial charge in [-0.15, -0.1) is 0 Å². The minimum Gasteiger partial charge on any atom is -0.776 e. The quantitative estimate of drug-likeness (QED) is 0.228. The molecule has 10 heteroatoms. The average molecular weight is 298 g/mol. The van der Waals surface area contributed by atoms with E-state index in [1.165, 1.54) is 0 Å². The maximum Gasteiger partial charge on any atom is 1.00 e. The molecule has 0 aliphatic rings. The van der Waals surface area contributed by atoms with Crippen molar-refractivity contribution in [3.63, 3.8) is 0 Å². The predicted octanol–water partition coefficient (Wildman–Crippen LogP) is -2.67. The molecule has 0 aliphatic carbocycles. The minimum absolute atomic E-state index is 0. The third-order valence-electron chi connectivity index (χ3n) is 2.28. The Morgan fingerprint density at radius 1 is 1.12 bits per heavy atom. The molecule has 0 aromatic rings. The molecule has 0 saturated heterocycles. The Hall–Kier alpha value is 1.26. The summed E-state index contributed by atoms with van der Waals surface area (Å²) in [5, 5.41) is 6.04. The van der Waals surface area contributed by atoms with Crippen molar-refractivity contribution in [3.05, 3.63) is 0 Å². The fourth-order valence-electron chi connectivity index (χ4n) is 1.24. The average Bonchev–Trinajstić information content (AvgIpc) is 2.08. The monoisotopic (exact) mass is 298 g/mol. The number of aliphatic hydroxyl groups is 1. The normalized spacial score (nSPS) is 18.9. The van der Waals surface area contributed by atoms with E-state index in [2.05, 4.69) is 0 Å². The second-order valence-corrected chi connectivity index (χ2v) is 7.61. The van der Waals surface area contributed by atoms with Gasteiger partial charge in [-0.1, -0.05) is 26.2 Å². The zero-order valence-electron chi connectivity index (χ0n) is 9.94. The van der Waals surface area contributed by atoms with Crippen molar-refractivity contribution in [1.82, 2.24) is 0 Å². The van der Waals surface area contributed by atoms with E-state index in [9.17, 15) is 19.1 Å². The molecule has 0 radical (unpaired) electrons. The van der Waals surface area contributed by atoms with Gasteiger partial charge in [0.25, 0.3) is 0 Å². The molecule has 0 rings (SSSR count). The van der Waals surface area contributed by atoms with E-state index in [1.807, 2.05) is 6.92 Å². The molecule has 0 heterocycles. The topological polar surface area (TPSA) is 138 Å². The van der Waals surface area contributed by atoms with E-state index >= 15 is 0 Å². The first-order valence-corrected chi connectivity index (χ1v) is 8.07. The summed E-state index contributed by atoms with van der Waals surface area (Å²) < 4.78 is 21.7. The van der Waals surface area contributed by atoms with Crippen LogP contribution >= 0.6 is 15.2 Å². The third-order valence-corrected chi connectivity index (χ3v) is 6.11. The summed E-state index contributed by atoms with van der Waals surface area (Å²) in [7, 11) is -10.8. The van der Waals surface area contributed by atoms with Crippen molar-refractivity contribution in [2.45, 2.75) is 44.1 Å². The van der Waals surface area contributed by atoms with Gasteiger partial charge in [-0.05, 0) is 12.8 Å². The van der Waals surface area contributed by atoms with Crippen LogP contribution in [-0.2, 0) is 9.13 Å². The minimum atomic E-state index is -5.52. The zero-order chi connectivity index (χ0) is 13.0. The molecule has 4 N–H and O–H groups in total. The molecular formula is C7H17NaO7P2. The van der Waals surface area contributed by atoms with Crippen molar-refractivity contribution in [3.8, 4) is 0 Å². The molecule has 0 aromatic carbocycles. The van der Waals surface area contributed by atoms with E-state index in [0.717, 1.165) is 12.8 Å². The Labute approximate surface area is 122 Å². The van der Waals surface area contributed by atoms with Gasteiger partial charge >= 0.3 is 37.2 Å². The number of rotatable bonds is 7. The summed E-state index contributed by atoms with van der Waals surface area (Å²) in [5.41, 5.74) is 0. The second-order valence-electron chi connectivity index (χ2n) is 3.65. The maximum atomic E-state index is 10.9. The van der Waals surface area contributed by atoms with Gasteiger partial charge in [0, 0.05) is 0 Å². The SMILES string of the molecule is CCCCCCC(O)(P(=O)([O-])O)P(=O)(O)O.[Na+]. The van der Waals surface area contributed by atoms with Gasteiger partial charge in [-0.2, -0.15) is 0 Å². The fraction of sp³-hybridized carbons (Fsp3) is 1.00. The van der Waals surface area contributed by atoms with E-state index in [4.69, 9.17) is 14.7 Å². The van der Waals surface area contributed by atoms with Crippen molar-refractivity contribution in [1.29, 1.82) is 0 Å². The first kappa shape index (κ1) is 20.6. The van der Waals surface area contributed by atoms with E-state index in [1.54, 1.807) is 0 Å². The predicted molar refractivity (Wildman–Crippen MR) is 55.6 cm³/mol. The van der Waals surface area contributed by atoms with Gasteiger partial charge in [-0.3, -0.25) is 4.57 Å². The van der Waals surface area contributed by atoms with Crippen LogP contribution in [0.2, 0.25) is 0 Å². The Balaban J connectivity index is 0. The molecule has 2 unspecified atom stereocenters. The van der Waals surface area contributed by atoms with Crippen LogP contribution in [0.5, 0.6) is 0 Å². The van der Waals surface area contributed by atoms with Crippen LogP contribution < -0.4 is 34.5 Å². The molecule has 0 aliphatic heterocycles. The van der Waals surface area contributed by atoms with Gasteiger partial charge in [-0.25, -0.2) is 0 Å². The van der Waals surface area contributed by atoms with Crippen LogP contribution in [0.1, 0.15) is 39.0 Å². The van der Waals surface area contributed by atoms with Crippen molar-refractivity contribution in [2.75, 3.05) is 0 Å². The zero-order valence-corrected chi connectivity index (χ0v) is 13.7. The molecule has 0 fully saturated rings. The van der Waals surface area contributed by atoms with Crippen LogP contribution in [0, 0.1) is 0 Å². The molecule has 0 bridgehead atoms. The van der Waals surface area contributed by atoms with E-state index in [-0.39, 0.29) is 36.0 Å². The van der Waals surface area contributed by atoms with Crippen LogP contribution in [0.25, 0.3) is 0 Å². The van der Waals surface area contributed by atoms with Crippen molar-refractivity contribution in [2.24, 2.45) is 0 Å². The van der Waals surface area contributed by atoms with Crippen LogP contribution in [0.15, 0.2) is 0 Å². The number of unbranched alkanes of at least 4 members (excludes halogenated alkanes) is 3. The Kier molecular flexibility index (Phi) is 9.38. The first-order chi connectivity index (χ1) is 7.06. The fourth-order valence-corrected chi connectivity index (χ4v) is 3.45. The molecule has 2 atom stereocenters. The summed E-state index contributed by atoms with van der Waals surface area (Å²) in [6.45, 7) is 1.90. The smallest absolute Gasteiger partial charge is 0.776 e. The summed E-state index contributed by atoms with van der Waals surface area (Å²) in [4.78, 5) is 37.0. The molecule has 17 heavy (non-hydrogen) atoms. The standard InChI is InChI=1S/C7H18O7P2.Na/c1-2-3-4-5-6-7(8,15(9,10)11)16(12,13)14;/h8H,2-6H2,1H3,(H2,9,10,11)(H2,12,13,14);/q;+1/p-1. The van der Waals surface area contributed by atoms with Crippen molar-refractivity contribution < 1.29 is 63.4 Å². The van der Waals surface area contributed by atoms with Gasteiger partial charge in [0.15, 0.2) is 7.60 Å². The van der Waals surface area contributed by atoms with Gasteiger partial charge in [0.2, 0.25) is 5.08 Å². The van der Waals surface area contributed by atoms with E-state index in [0.29, 0.717) is 6.42 Å². The maximum absolute atomic E-state index is 10.9. The van der Waals surface area contributed by atoms with Gasteiger partial charge in [0.05, 0.1) is 0 Å². The summed E-state index contributed by atoms with van der Waals surface area (Å²) >= 11 is 0. The van der Waals surface area contributed by atoms with Gasteiger partial charge < -0.3 is 29.2 Å². The summed E-state index contributed by atoms with van der Waals surface area (Å²) in [6, 6.07) is 0. The van der Waals surface area contributed by atoms with Crippen LogP contribution in [0.3, 0.4) is 0 Å². The van der Waals surface area contributed by atoms with E-state index < -0.39 is 26.7 Å². The largest absolute Gasteiger partial charge is 1.00 e. The van der Waals surface area contributed by atoms with Crippen LogP contribution in [0.4, 0.5) is 0 Å². The molecule has 0 spiro atoms. The number of hydrogen-bond acceptors (Lipinski definition) is 4. The van der Waals surface area contributed by atoms with Crippen LogP contribution in [-0.4, -0.2) is 24.9 Å². The molecule has 0 saturated carbocycles. The molecular weight excluding hydrogens is 281 g/mol. The van der Waals surface area contributed by atoms with Crippen molar-refractivity contribution >= 4 is 15.2 Å². The Morgan fingerprint density at radius 3 is 1.88 bits per heavy atom.